The van der Waals surface area contributed by atoms with E-state index in [2.05, 4.69) is 31.0 Å². The average Bonchev–Trinajstić information content (AvgIpc) is 2.62. The molecule has 1 aromatic heterocycles. The fourth-order valence-electron chi connectivity index (χ4n) is 1.37. The highest BCUT2D eigenvalue weighted by molar-refractivity contribution is 5.63. The first-order valence-corrected chi connectivity index (χ1v) is 4.24. The molecule has 0 fully saturated rings. The molecule has 2 heteroatoms. The third-order valence-corrected chi connectivity index (χ3v) is 2.31. The second-order valence-corrected chi connectivity index (χ2v) is 3.12. The molecule has 66 valence electrons. The normalized spacial score (nSPS) is 10.3. The Labute approximate surface area is 77.2 Å². The topological polar surface area (TPSA) is 26.0 Å². The Morgan fingerprint density at radius 1 is 1.23 bits per heavy atom. The van der Waals surface area contributed by atoms with E-state index in [-0.39, 0.29) is 0 Å². The number of hydrogen-bond acceptors (Lipinski definition) is 2. The quantitative estimate of drug-likeness (QED) is 0.662. The Bertz CT molecular complexity index is 404. The summed E-state index contributed by atoms with van der Waals surface area (Å²) in [7, 11) is 0. The molecule has 0 amide bonds. The second kappa shape index (κ2) is 3.05. The zero-order valence-electron chi connectivity index (χ0n) is 7.74. The largest absolute Gasteiger partial charge is 0.451 e. The van der Waals surface area contributed by atoms with Gasteiger partial charge in [0.15, 0.2) is 6.39 Å². The lowest BCUT2D eigenvalue weighted by Gasteiger charge is -2.04. The van der Waals surface area contributed by atoms with Crippen molar-refractivity contribution in [2.24, 2.45) is 0 Å². The van der Waals surface area contributed by atoms with Crippen molar-refractivity contribution in [1.82, 2.24) is 4.98 Å². The molecule has 0 aliphatic heterocycles. The molecule has 2 nitrogen and oxygen atoms in total. The summed E-state index contributed by atoms with van der Waals surface area (Å²) in [5, 5.41) is 0. The van der Waals surface area contributed by atoms with Gasteiger partial charge in [-0.1, -0.05) is 18.2 Å². The van der Waals surface area contributed by atoms with Gasteiger partial charge in [-0.2, -0.15) is 0 Å². The maximum atomic E-state index is 4.95. The molecule has 1 heterocycles. The van der Waals surface area contributed by atoms with Crippen LogP contribution in [0, 0.1) is 13.8 Å². The summed E-state index contributed by atoms with van der Waals surface area (Å²) in [6, 6.07) is 6.19. The minimum Gasteiger partial charge on any atom is -0.451 e. The first-order chi connectivity index (χ1) is 6.29. The smallest absolute Gasteiger partial charge is 0.181 e. The van der Waals surface area contributed by atoms with Gasteiger partial charge in [0, 0.05) is 5.56 Å². The Morgan fingerprint density at radius 3 is 2.77 bits per heavy atom. The van der Waals surface area contributed by atoms with Gasteiger partial charge in [-0.3, -0.25) is 0 Å². The number of oxazole rings is 1. The predicted octanol–water partition coefficient (Wildman–Crippen LogP) is 2.96. The summed E-state index contributed by atoms with van der Waals surface area (Å²) >= 11 is 0. The molecule has 2 rings (SSSR count). The number of nitrogens with zero attached hydrogens (tertiary/aromatic N) is 1. The van der Waals surface area contributed by atoms with Crippen molar-refractivity contribution >= 4 is 0 Å². The Morgan fingerprint density at radius 2 is 2.08 bits per heavy atom. The van der Waals surface area contributed by atoms with E-state index in [1.165, 1.54) is 17.5 Å². The van der Waals surface area contributed by atoms with E-state index in [0.717, 1.165) is 11.3 Å². The van der Waals surface area contributed by atoms with Crippen LogP contribution in [-0.2, 0) is 0 Å². The number of hydrogen-bond donors (Lipinski definition) is 0. The van der Waals surface area contributed by atoms with E-state index in [1.54, 1.807) is 6.26 Å². The summed E-state index contributed by atoms with van der Waals surface area (Å²) in [6.45, 7) is 4.19. The number of benzene rings is 1. The predicted molar refractivity (Wildman–Crippen MR) is 51.4 cm³/mol. The van der Waals surface area contributed by atoms with E-state index >= 15 is 0 Å². The summed E-state index contributed by atoms with van der Waals surface area (Å²) < 4.78 is 4.95. The van der Waals surface area contributed by atoms with Gasteiger partial charge in [-0.15, -0.1) is 0 Å². The van der Waals surface area contributed by atoms with Gasteiger partial charge in [-0.25, -0.2) is 4.98 Å². The summed E-state index contributed by atoms with van der Waals surface area (Å²) in [6.07, 6.45) is 3.12. The maximum Gasteiger partial charge on any atom is 0.181 e. The van der Waals surface area contributed by atoms with Crippen LogP contribution in [0.4, 0.5) is 0 Å². The van der Waals surface area contributed by atoms with Crippen LogP contribution < -0.4 is 0 Å². The van der Waals surface area contributed by atoms with Crippen molar-refractivity contribution in [1.29, 1.82) is 0 Å². The van der Waals surface area contributed by atoms with Crippen LogP contribution in [0.2, 0.25) is 0 Å². The van der Waals surface area contributed by atoms with Crippen LogP contribution in [0.3, 0.4) is 0 Å². The molecule has 0 aliphatic rings. The van der Waals surface area contributed by atoms with E-state index in [0.29, 0.717) is 0 Å². The lowest BCUT2D eigenvalue weighted by molar-refractivity contribution is 0.558. The van der Waals surface area contributed by atoms with Gasteiger partial charge in [0.25, 0.3) is 0 Å². The van der Waals surface area contributed by atoms with E-state index < -0.39 is 0 Å². The second-order valence-electron chi connectivity index (χ2n) is 3.12. The maximum absolute atomic E-state index is 4.95. The number of aromatic nitrogens is 1. The number of rotatable bonds is 1. The Kier molecular flexibility index (Phi) is 1.89. The first-order valence-electron chi connectivity index (χ1n) is 4.24. The third kappa shape index (κ3) is 1.35. The van der Waals surface area contributed by atoms with Gasteiger partial charge in [-0.05, 0) is 25.0 Å². The van der Waals surface area contributed by atoms with Crippen LogP contribution in [0.25, 0.3) is 11.3 Å². The highest BCUT2D eigenvalue weighted by Crippen LogP contribution is 2.23. The molecule has 13 heavy (non-hydrogen) atoms. The van der Waals surface area contributed by atoms with Gasteiger partial charge in [0.2, 0.25) is 0 Å². The molecule has 0 atom stereocenters. The van der Waals surface area contributed by atoms with E-state index in [4.69, 9.17) is 4.42 Å². The highest BCUT2D eigenvalue weighted by Gasteiger charge is 2.04. The van der Waals surface area contributed by atoms with E-state index in [1.807, 2.05) is 6.07 Å². The van der Waals surface area contributed by atoms with Crippen molar-refractivity contribution in [2.45, 2.75) is 13.8 Å². The molecule has 0 aliphatic carbocycles. The molecule has 2 aromatic rings. The fourth-order valence-corrected chi connectivity index (χ4v) is 1.37. The monoisotopic (exact) mass is 173 g/mol. The van der Waals surface area contributed by atoms with Crippen molar-refractivity contribution in [2.75, 3.05) is 0 Å². The summed E-state index contributed by atoms with van der Waals surface area (Å²) in [5.41, 5.74) is 4.59. The van der Waals surface area contributed by atoms with Crippen molar-refractivity contribution in [3.63, 3.8) is 0 Å². The molecule has 0 spiro atoms. The van der Waals surface area contributed by atoms with Crippen molar-refractivity contribution < 1.29 is 4.42 Å². The first kappa shape index (κ1) is 8.05. The molecule has 0 radical (unpaired) electrons. The Balaban J connectivity index is 2.59. The molecule has 0 N–H and O–H groups in total. The third-order valence-electron chi connectivity index (χ3n) is 2.31. The molecular formula is C11H11NO. The molecule has 0 unspecified atom stereocenters. The molecule has 0 saturated carbocycles. The zero-order chi connectivity index (χ0) is 9.26. The van der Waals surface area contributed by atoms with Crippen LogP contribution in [-0.4, -0.2) is 4.98 Å². The number of aryl methyl sites for hydroxylation is 1. The van der Waals surface area contributed by atoms with Crippen molar-refractivity contribution in [3.05, 3.63) is 42.0 Å². The van der Waals surface area contributed by atoms with Crippen LogP contribution in [0.1, 0.15) is 11.1 Å². The highest BCUT2D eigenvalue weighted by atomic mass is 16.3. The minimum absolute atomic E-state index is 0.904. The Hall–Kier alpha value is -1.57. The lowest BCUT2D eigenvalue weighted by atomic mass is 10.0. The molecular weight excluding hydrogens is 162 g/mol. The van der Waals surface area contributed by atoms with E-state index in [9.17, 15) is 0 Å². The minimum atomic E-state index is 0.904. The summed E-state index contributed by atoms with van der Waals surface area (Å²) in [5.74, 6) is 0. The SMILES string of the molecule is Cc1cccc(-c2cocn2)c1C. The van der Waals surface area contributed by atoms with Crippen molar-refractivity contribution in [3.8, 4) is 11.3 Å². The molecule has 1 aromatic carbocycles. The molecule has 0 saturated heterocycles. The standard InChI is InChI=1S/C11H11NO/c1-8-4-3-5-10(9(8)2)11-6-13-7-12-11/h3-7H,1-2H3. The summed E-state index contributed by atoms with van der Waals surface area (Å²) in [4.78, 5) is 4.12. The fraction of sp³-hybridized carbons (Fsp3) is 0.182. The van der Waals surface area contributed by atoms with Crippen LogP contribution in [0.5, 0.6) is 0 Å². The lowest BCUT2D eigenvalue weighted by Crippen LogP contribution is -1.86. The van der Waals surface area contributed by atoms with Crippen LogP contribution >= 0.6 is 0 Å². The van der Waals surface area contributed by atoms with Gasteiger partial charge in [0.05, 0.1) is 0 Å². The zero-order valence-corrected chi connectivity index (χ0v) is 7.74. The van der Waals surface area contributed by atoms with Gasteiger partial charge >= 0.3 is 0 Å². The van der Waals surface area contributed by atoms with Crippen LogP contribution in [0.15, 0.2) is 35.3 Å². The van der Waals surface area contributed by atoms with Gasteiger partial charge < -0.3 is 4.42 Å². The molecule has 0 bridgehead atoms. The average molecular weight is 173 g/mol. The van der Waals surface area contributed by atoms with Gasteiger partial charge in [0.1, 0.15) is 12.0 Å².